The van der Waals surface area contributed by atoms with E-state index < -0.39 is 23.2 Å². The molecule has 2 heterocycles. The molecular formula is C21H20N2O7. The first kappa shape index (κ1) is 19.7. The second-order valence-electron chi connectivity index (χ2n) is 6.98. The number of anilines is 1. The standard InChI is InChI=1S/C21H20N2O7/c1-23(19(24)13-11-21(26)9-5-4-6-16(21)30-22-13)14-10-12-7-8-15(27-2)18(28-3)17(12)29-20(14)25/h4-10,16,26H,11H2,1-3H3/t16-,21+/m0/s1. The van der Waals surface area contributed by atoms with Crippen LogP contribution >= 0.6 is 0 Å². The van der Waals surface area contributed by atoms with Crippen LogP contribution in [0.2, 0.25) is 0 Å². The van der Waals surface area contributed by atoms with Gasteiger partial charge in [0.15, 0.2) is 17.4 Å². The summed E-state index contributed by atoms with van der Waals surface area (Å²) < 4.78 is 15.9. The minimum Gasteiger partial charge on any atom is -0.493 e. The maximum Gasteiger partial charge on any atom is 0.360 e. The number of benzene rings is 1. The summed E-state index contributed by atoms with van der Waals surface area (Å²) in [5.74, 6) is 0.108. The van der Waals surface area contributed by atoms with Crippen molar-refractivity contribution in [3.05, 3.63) is 52.9 Å². The Bertz CT molecular complexity index is 1160. The van der Waals surface area contributed by atoms with Gasteiger partial charge in [-0.2, -0.15) is 0 Å². The topological polar surface area (TPSA) is 111 Å². The van der Waals surface area contributed by atoms with Crippen LogP contribution in [0.3, 0.4) is 0 Å². The summed E-state index contributed by atoms with van der Waals surface area (Å²) in [6, 6.07) is 4.88. The van der Waals surface area contributed by atoms with Crippen molar-refractivity contribution in [1.29, 1.82) is 0 Å². The van der Waals surface area contributed by atoms with Crippen molar-refractivity contribution >= 4 is 28.3 Å². The lowest BCUT2D eigenvalue weighted by molar-refractivity contribution is -0.114. The van der Waals surface area contributed by atoms with Gasteiger partial charge in [-0.1, -0.05) is 17.3 Å². The predicted molar refractivity (Wildman–Crippen MR) is 109 cm³/mol. The number of rotatable bonds is 4. The first-order valence-electron chi connectivity index (χ1n) is 9.16. The van der Waals surface area contributed by atoms with Crippen LogP contribution in [0.5, 0.6) is 11.5 Å². The molecule has 9 heteroatoms. The molecule has 1 amide bonds. The second-order valence-corrected chi connectivity index (χ2v) is 6.98. The monoisotopic (exact) mass is 412 g/mol. The van der Waals surface area contributed by atoms with E-state index >= 15 is 0 Å². The summed E-state index contributed by atoms with van der Waals surface area (Å²) in [4.78, 5) is 32.0. The molecule has 0 spiro atoms. The van der Waals surface area contributed by atoms with E-state index in [0.717, 1.165) is 4.90 Å². The van der Waals surface area contributed by atoms with Crippen LogP contribution in [0.15, 0.2) is 56.9 Å². The van der Waals surface area contributed by atoms with Crippen LogP contribution < -0.4 is 20.0 Å². The van der Waals surface area contributed by atoms with Crippen molar-refractivity contribution in [2.24, 2.45) is 5.16 Å². The maximum atomic E-state index is 13.0. The molecule has 0 bridgehead atoms. The maximum absolute atomic E-state index is 13.0. The average Bonchev–Trinajstić information content (AvgIpc) is 2.75. The number of oxime groups is 1. The van der Waals surface area contributed by atoms with Crippen molar-refractivity contribution in [3.8, 4) is 11.5 Å². The Kier molecular flexibility index (Phi) is 4.83. The number of nitrogens with zero attached hydrogens (tertiary/aromatic N) is 2. The number of fused-ring (bicyclic) bond motifs is 2. The molecule has 2 atom stereocenters. The minimum absolute atomic E-state index is 0.00983. The lowest BCUT2D eigenvalue weighted by Crippen LogP contribution is -2.49. The number of carbonyl (C=O) groups is 1. The molecule has 0 saturated heterocycles. The third-order valence-electron chi connectivity index (χ3n) is 5.14. The molecule has 0 unspecified atom stereocenters. The molecule has 1 aromatic heterocycles. The fraction of sp³-hybridized carbons (Fsp3) is 0.286. The number of amides is 1. The van der Waals surface area contributed by atoms with E-state index in [9.17, 15) is 14.7 Å². The van der Waals surface area contributed by atoms with Gasteiger partial charge in [0, 0.05) is 18.9 Å². The highest BCUT2D eigenvalue weighted by Crippen LogP contribution is 2.36. The largest absolute Gasteiger partial charge is 0.493 e. The van der Waals surface area contributed by atoms with Gasteiger partial charge in [-0.25, -0.2) is 4.79 Å². The van der Waals surface area contributed by atoms with Crippen LogP contribution in [0, 0.1) is 0 Å². The van der Waals surface area contributed by atoms with Gasteiger partial charge in [-0.3, -0.25) is 4.79 Å². The molecule has 0 fully saturated rings. The van der Waals surface area contributed by atoms with E-state index in [1.807, 2.05) is 0 Å². The van der Waals surface area contributed by atoms with Gasteiger partial charge in [0.25, 0.3) is 5.91 Å². The first-order valence-corrected chi connectivity index (χ1v) is 9.16. The summed E-state index contributed by atoms with van der Waals surface area (Å²) in [5.41, 5.74) is -1.90. The zero-order valence-electron chi connectivity index (χ0n) is 16.6. The summed E-state index contributed by atoms with van der Waals surface area (Å²) in [7, 11) is 4.34. The first-order chi connectivity index (χ1) is 14.4. The SMILES string of the molecule is COc1ccc2cc(N(C)C(=O)C3=NO[C@H]4C=CC=C[C@@]4(O)C3)c(=O)oc2c1OC. The Hall–Kier alpha value is -3.59. The van der Waals surface area contributed by atoms with Crippen LogP contribution in [0.4, 0.5) is 5.69 Å². The summed E-state index contributed by atoms with van der Waals surface area (Å²) in [5, 5.41) is 15.1. The Morgan fingerprint density at radius 1 is 1.30 bits per heavy atom. The van der Waals surface area contributed by atoms with Crippen molar-refractivity contribution < 1.29 is 28.6 Å². The average molecular weight is 412 g/mol. The molecule has 4 rings (SSSR count). The smallest absolute Gasteiger partial charge is 0.360 e. The predicted octanol–water partition coefficient (Wildman–Crippen LogP) is 1.77. The number of hydrogen-bond acceptors (Lipinski definition) is 8. The van der Waals surface area contributed by atoms with Gasteiger partial charge >= 0.3 is 5.63 Å². The van der Waals surface area contributed by atoms with Gasteiger partial charge in [0.2, 0.25) is 5.75 Å². The van der Waals surface area contributed by atoms with E-state index in [-0.39, 0.29) is 29.2 Å². The Morgan fingerprint density at radius 2 is 2.10 bits per heavy atom. The molecule has 0 saturated carbocycles. The third kappa shape index (κ3) is 3.13. The Morgan fingerprint density at radius 3 is 2.83 bits per heavy atom. The molecular weight excluding hydrogens is 392 g/mol. The molecule has 1 N–H and O–H groups in total. The van der Waals surface area contributed by atoms with Gasteiger partial charge < -0.3 is 28.7 Å². The van der Waals surface area contributed by atoms with Crippen molar-refractivity contribution in [2.75, 3.05) is 26.2 Å². The summed E-state index contributed by atoms with van der Waals surface area (Å²) in [6.07, 6.45) is 5.91. The van der Waals surface area contributed by atoms with Gasteiger partial charge in [0.05, 0.1) is 14.2 Å². The van der Waals surface area contributed by atoms with E-state index in [2.05, 4.69) is 5.16 Å². The lowest BCUT2D eigenvalue weighted by atomic mass is 9.86. The van der Waals surface area contributed by atoms with Crippen molar-refractivity contribution in [1.82, 2.24) is 0 Å². The minimum atomic E-state index is -1.37. The highest BCUT2D eigenvalue weighted by Gasteiger charge is 2.43. The lowest BCUT2D eigenvalue weighted by Gasteiger charge is -2.35. The number of allylic oxidation sites excluding steroid dienone is 2. The zero-order chi connectivity index (χ0) is 21.5. The molecule has 30 heavy (non-hydrogen) atoms. The fourth-order valence-electron chi connectivity index (χ4n) is 3.49. The van der Waals surface area contributed by atoms with E-state index in [0.29, 0.717) is 11.1 Å². The van der Waals surface area contributed by atoms with Crippen molar-refractivity contribution in [2.45, 2.75) is 18.1 Å². The Balaban J connectivity index is 1.69. The van der Waals surface area contributed by atoms with Gasteiger partial charge in [-0.15, -0.1) is 0 Å². The number of ether oxygens (including phenoxy) is 2. The van der Waals surface area contributed by atoms with Crippen LogP contribution in [0.1, 0.15) is 6.42 Å². The summed E-state index contributed by atoms with van der Waals surface area (Å²) >= 11 is 0. The van der Waals surface area contributed by atoms with Crippen LogP contribution in [0.25, 0.3) is 11.0 Å². The molecule has 2 aromatic rings. The summed E-state index contributed by atoms with van der Waals surface area (Å²) in [6.45, 7) is 0. The fourth-order valence-corrected chi connectivity index (χ4v) is 3.49. The van der Waals surface area contributed by atoms with Crippen molar-refractivity contribution in [3.63, 3.8) is 0 Å². The van der Waals surface area contributed by atoms with Crippen LogP contribution in [-0.2, 0) is 9.63 Å². The normalized spacial score (nSPS) is 22.1. The molecule has 1 aliphatic heterocycles. The number of methoxy groups -OCH3 is 2. The van der Waals surface area contributed by atoms with Crippen LogP contribution in [-0.4, -0.2) is 49.7 Å². The molecule has 1 aliphatic carbocycles. The number of aliphatic hydroxyl groups is 1. The number of hydrogen-bond donors (Lipinski definition) is 1. The van der Waals surface area contributed by atoms with Gasteiger partial charge in [0.1, 0.15) is 17.0 Å². The highest BCUT2D eigenvalue weighted by molar-refractivity contribution is 6.43. The zero-order valence-corrected chi connectivity index (χ0v) is 16.6. The quantitative estimate of drug-likeness (QED) is 0.762. The molecule has 2 aliphatic rings. The van der Waals surface area contributed by atoms with Gasteiger partial charge in [-0.05, 0) is 30.4 Å². The second kappa shape index (κ2) is 7.34. The van der Waals surface area contributed by atoms with E-state index in [1.54, 1.807) is 36.4 Å². The van der Waals surface area contributed by atoms with E-state index in [1.165, 1.54) is 27.3 Å². The Labute approximate surface area is 171 Å². The molecule has 0 radical (unpaired) electrons. The molecule has 9 nitrogen and oxygen atoms in total. The third-order valence-corrected chi connectivity index (χ3v) is 5.14. The number of carbonyl (C=O) groups excluding carboxylic acids is 1. The van der Waals surface area contributed by atoms with E-state index in [4.69, 9.17) is 18.7 Å². The molecule has 156 valence electrons. The molecule has 1 aromatic carbocycles. The highest BCUT2D eigenvalue weighted by atomic mass is 16.6.